The highest BCUT2D eigenvalue weighted by atomic mass is 16.3. The summed E-state index contributed by atoms with van der Waals surface area (Å²) < 4.78 is 5.18. The van der Waals surface area contributed by atoms with E-state index in [0.717, 1.165) is 17.2 Å². The Kier molecular flexibility index (Phi) is 4.03. The van der Waals surface area contributed by atoms with E-state index in [9.17, 15) is 4.79 Å². The molecule has 4 aromatic rings. The highest BCUT2D eigenvalue weighted by Gasteiger charge is 2.09. The SMILES string of the molecule is Cc1cc(Nc2ccc(NC(=O)c3ccc4ocnc4c3)cc2)ncn1. The highest BCUT2D eigenvalue weighted by molar-refractivity contribution is 6.05. The fraction of sp³-hybridized carbons (Fsp3) is 0.0526. The summed E-state index contributed by atoms with van der Waals surface area (Å²) in [6.07, 6.45) is 2.87. The molecule has 7 heteroatoms. The van der Waals surface area contributed by atoms with Crippen molar-refractivity contribution in [2.75, 3.05) is 10.6 Å². The number of hydrogen-bond donors (Lipinski definition) is 2. The molecule has 0 saturated carbocycles. The molecule has 26 heavy (non-hydrogen) atoms. The van der Waals surface area contributed by atoms with Crippen LogP contribution in [0.2, 0.25) is 0 Å². The maximum Gasteiger partial charge on any atom is 0.255 e. The number of amides is 1. The van der Waals surface area contributed by atoms with E-state index in [0.29, 0.717) is 22.4 Å². The molecule has 2 aromatic heterocycles. The van der Waals surface area contributed by atoms with Crippen molar-refractivity contribution < 1.29 is 9.21 Å². The zero-order valence-electron chi connectivity index (χ0n) is 13.9. The zero-order valence-corrected chi connectivity index (χ0v) is 13.9. The number of oxazole rings is 1. The first-order valence-electron chi connectivity index (χ1n) is 7.98. The lowest BCUT2D eigenvalue weighted by atomic mass is 10.2. The van der Waals surface area contributed by atoms with Gasteiger partial charge in [-0.3, -0.25) is 4.79 Å². The van der Waals surface area contributed by atoms with E-state index in [2.05, 4.69) is 25.6 Å². The maximum absolute atomic E-state index is 12.4. The van der Waals surface area contributed by atoms with Crippen molar-refractivity contribution in [1.29, 1.82) is 0 Å². The van der Waals surface area contributed by atoms with Crippen molar-refractivity contribution in [3.8, 4) is 0 Å². The summed E-state index contributed by atoms with van der Waals surface area (Å²) in [7, 11) is 0. The molecular formula is C19H15N5O2. The summed E-state index contributed by atoms with van der Waals surface area (Å²) in [5.74, 6) is 0.511. The molecule has 0 unspecified atom stereocenters. The smallest absolute Gasteiger partial charge is 0.255 e. The summed E-state index contributed by atoms with van der Waals surface area (Å²) in [6.45, 7) is 1.90. The summed E-state index contributed by atoms with van der Waals surface area (Å²) in [5.41, 5.74) is 4.26. The molecule has 0 aliphatic rings. The number of anilines is 3. The third kappa shape index (κ3) is 3.36. The van der Waals surface area contributed by atoms with Gasteiger partial charge >= 0.3 is 0 Å². The fourth-order valence-electron chi connectivity index (χ4n) is 2.51. The minimum Gasteiger partial charge on any atom is -0.443 e. The van der Waals surface area contributed by atoms with Crippen LogP contribution in [0.1, 0.15) is 16.1 Å². The number of nitrogens with zero attached hydrogens (tertiary/aromatic N) is 3. The molecular weight excluding hydrogens is 330 g/mol. The van der Waals surface area contributed by atoms with E-state index >= 15 is 0 Å². The van der Waals surface area contributed by atoms with Crippen LogP contribution in [0.5, 0.6) is 0 Å². The first-order chi connectivity index (χ1) is 12.7. The second kappa shape index (κ2) is 6.64. The molecule has 0 saturated heterocycles. The minimum atomic E-state index is -0.206. The molecule has 7 nitrogen and oxygen atoms in total. The highest BCUT2D eigenvalue weighted by Crippen LogP contribution is 2.19. The Morgan fingerprint density at radius 1 is 0.962 bits per heavy atom. The molecule has 0 aliphatic heterocycles. The monoisotopic (exact) mass is 345 g/mol. The number of rotatable bonds is 4. The van der Waals surface area contributed by atoms with Crippen LogP contribution in [0.4, 0.5) is 17.2 Å². The van der Waals surface area contributed by atoms with Crippen molar-refractivity contribution >= 4 is 34.2 Å². The largest absolute Gasteiger partial charge is 0.443 e. The van der Waals surface area contributed by atoms with Crippen LogP contribution in [0, 0.1) is 6.92 Å². The maximum atomic E-state index is 12.4. The standard InChI is InChI=1S/C19H15N5O2/c1-12-8-18(21-10-20-12)23-14-3-5-15(6-4-14)24-19(25)13-2-7-17-16(9-13)22-11-26-17/h2-11H,1H3,(H,24,25)(H,20,21,23). The average molecular weight is 345 g/mol. The molecule has 0 fully saturated rings. The summed E-state index contributed by atoms with van der Waals surface area (Å²) in [4.78, 5) is 24.7. The van der Waals surface area contributed by atoms with Crippen LogP contribution in [-0.2, 0) is 0 Å². The molecule has 2 heterocycles. The normalized spacial score (nSPS) is 10.7. The number of aryl methyl sites for hydroxylation is 1. The summed E-state index contributed by atoms with van der Waals surface area (Å²) >= 11 is 0. The third-order valence-corrected chi connectivity index (χ3v) is 3.81. The Hall–Kier alpha value is -3.74. The van der Waals surface area contributed by atoms with Crippen LogP contribution in [0.15, 0.2) is 65.7 Å². The van der Waals surface area contributed by atoms with Crippen molar-refractivity contribution in [2.24, 2.45) is 0 Å². The van der Waals surface area contributed by atoms with Crippen LogP contribution in [-0.4, -0.2) is 20.9 Å². The molecule has 0 spiro atoms. The Labute approximate surface area is 149 Å². The van der Waals surface area contributed by atoms with Gasteiger partial charge in [-0.05, 0) is 49.4 Å². The number of aromatic nitrogens is 3. The van der Waals surface area contributed by atoms with Crippen LogP contribution >= 0.6 is 0 Å². The van der Waals surface area contributed by atoms with Gasteiger partial charge in [0.15, 0.2) is 12.0 Å². The lowest BCUT2D eigenvalue weighted by molar-refractivity contribution is 0.102. The van der Waals surface area contributed by atoms with Gasteiger partial charge in [-0.2, -0.15) is 0 Å². The van der Waals surface area contributed by atoms with Crippen LogP contribution < -0.4 is 10.6 Å². The third-order valence-electron chi connectivity index (χ3n) is 3.81. The molecule has 4 rings (SSSR count). The minimum absolute atomic E-state index is 0.206. The molecule has 128 valence electrons. The van der Waals surface area contributed by atoms with E-state index in [1.54, 1.807) is 18.2 Å². The van der Waals surface area contributed by atoms with Gasteiger partial charge in [0.1, 0.15) is 17.7 Å². The number of carbonyl (C=O) groups is 1. The molecule has 0 bridgehead atoms. The average Bonchev–Trinajstić information content (AvgIpc) is 3.11. The Morgan fingerprint density at radius 2 is 1.77 bits per heavy atom. The Balaban J connectivity index is 1.45. The first kappa shape index (κ1) is 15.8. The van der Waals surface area contributed by atoms with Gasteiger partial charge in [0, 0.05) is 28.7 Å². The van der Waals surface area contributed by atoms with E-state index in [1.165, 1.54) is 12.7 Å². The van der Waals surface area contributed by atoms with Crippen molar-refractivity contribution in [1.82, 2.24) is 15.0 Å². The van der Waals surface area contributed by atoms with E-state index in [1.807, 2.05) is 37.3 Å². The Morgan fingerprint density at radius 3 is 2.58 bits per heavy atom. The lowest BCUT2D eigenvalue weighted by Crippen LogP contribution is -2.11. The number of carbonyl (C=O) groups excluding carboxylic acids is 1. The van der Waals surface area contributed by atoms with Crippen LogP contribution in [0.3, 0.4) is 0 Å². The predicted octanol–water partition coefficient (Wildman–Crippen LogP) is 3.92. The Bertz CT molecular complexity index is 1070. The number of nitrogens with one attached hydrogen (secondary N) is 2. The molecule has 0 aliphatic carbocycles. The molecule has 0 radical (unpaired) electrons. The summed E-state index contributed by atoms with van der Waals surface area (Å²) in [5, 5.41) is 6.06. The predicted molar refractivity (Wildman–Crippen MR) is 98.5 cm³/mol. The molecule has 0 atom stereocenters. The van der Waals surface area contributed by atoms with Gasteiger partial charge in [-0.25, -0.2) is 15.0 Å². The van der Waals surface area contributed by atoms with Gasteiger partial charge < -0.3 is 15.1 Å². The summed E-state index contributed by atoms with van der Waals surface area (Å²) in [6, 6.07) is 14.4. The van der Waals surface area contributed by atoms with Crippen molar-refractivity contribution in [3.05, 3.63) is 72.5 Å². The van der Waals surface area contributed by atoms with Gasteiger partial charge in [0.05, 0.1) is 0 Å². The number of benzene rings is 2. The topological polar surface area (TPSA) is 92.9 Å². The second-order valence-corrected chi connectivity index (χ2v) is 5.74. The fourth-order valence-corrected chi connectivity index (χ4v) is 2.51. The quantitative estimate of drug-likeness (QED) is 0.582. The zero-order chi connectivity index (χ0) is 17.9. The molecule has 2 N–H and O–H groups in total. The van der Waals surface area contributed by atoms with Gasteiger partial charge in [0.2, 0.25) is 0 Å². The van der Waals surface area contributed by atoms with Gasteiger partial charge in [0.25, 0.3) is 5.91 Å². The van der Waals surface area contributed by atoms with E-state index < -0.39 is 0 Å². The van der Waals surface area contributed by atoms with Gasteiger partial charge in [-0.15, -0.1) is 0 Å². The second-order valence-electron chi connectivity index (χ2n) is 5.74. The van der Waals surface area contributed by atoms with Gasteiger partial charge in [-0.1, -0.05) is 0 Å². The van der Waals surface area contributed by atoms with Crippen molar-refractivity contribution in [3.63, 3.8) is 0 Å². The van der Waals surface area contributed by atoms with Crippen LogP contribution in [0.25, 0.3) is 11.1 Å². The molecule has 2 aromatic carbocycles. The van der Waals surface area contributed by atoms with Crippen molar-refractivity contribution in [2.45, 2.75) is 6.92 Å². The lowest BCUT2D eigenvalue weighted by Gasteiger charge is -2.08. The van der Waals surface area contributed by atoms with E-state index in [4.69, 9.17) is 4.42 Å². The number of hydrogen-bond acceptors (Lipinski definition) is 6. The molecule has 1 amide bonds. The van der Waals surface area contributed by atoms with E-state index in [-0.39, 0.29) is 5.91 Å². The first-order valence-corrected chi connectivity index (χ1v) is 7.98. The number of fused-ring (bicyclic) bond motifs is 1.